The topological polar surface area (TPSA) is 83.1 Å². The summed E-state index contributed by atoms with van der Waals surface area (Å²) >= 11 is 0. The van der Waals surface area contributed by atoms with Crippen molar-refractivity contribution in [3.63, 3.8) is 0 Å². The van der Waals surface area contributed by atoms with Crippen LogP contribution in [0.1, 0.15) is 0 Å². The molecule has 5 radical (unpaired) electrons. The number of rotatable bonds is 6. The third-order valence-electron chi connectivity index (χ3n) is 1.89. The molecule has 1 aliphatic rings. The SMILES string of the molecule is COP(=O)(OC)[C]1[CH][CH][CH][CH]1.COP(OC)OC.[C-]#[O+].[CH3-].[Fe+2]. The minimum Gasteiger partial charge on any atom is -0.358 e. The van der Waals surface area contributed by atoms with Crippen molar-refractivity contribution in [2.45, 2.75) is 0 Å². The molecular weight excluding hydrogens is 374 g/mol. The molecule has 0 heterocycles. The van der Waals surface area contributed by atoms with E-state index in [9.17, 15) is 4.57 Å². The van der Waals surface area contributed by atoms with Crippen molar-refractivity contribution in [3.8, 4) is 0 Å². The van der Waals surface area contributed by atoms with Gasteiger partial charge in [-0.15, -0.1) is 0 Å². The van der Waals surface area contributed by atoms with E-state index < -0.39 is 16.2 Å². The largest absolute Gasteiger partial charge is 2.00 e. The first kappa shape index (κ1) is 30.6. The zero-order valence-corrected chi connectivity index (χ0v) is 16.3. The molecule has 1 rings (SSSR count). The fourth-order valence-corrected chi connectivity index (χ4v) is 2.61. The Kier molecular flexibility index (Phi) is 27.5. The molecule has 0 saturated heterocycles. The monoisotopic (exact) mass is 396 g/mol. The second-order valence-electron chi connectivity index (χ2n) is 2.78. The molecule has 0 bridgehead atoms. The van der Waals surface area contributed by atoms with Gasteiger partial charge >= 0.3 is 44.6 Å². The van der Waals surface area contributed by atoms with Crippen LogP contribution in [0.3, 0.4) is 0 Å². The fourth-order valence-electron chi connectivity index (χ4n) is 1.06. The molecular formula is C12H22FeO7P2+. The molecule has 0 N–H and O–H groups in total. The molecule has 1 fully saturated rings. The Morgan fingerprint density at radius 1 is 0.955 bits per heavy atom. The summed E-state index contributed by atoms with van der Waals surface area (Å²) in [6.45, 7) is 4.50. The Morgan fingerprint density at radius 3 is 1.45 bits per heavy atom. The van der Waals surface area contributed by atoms with Crippen molar-refractivity contribution in [1.82, 2.24) is 0 Å². The van der Waals surface area contributed by atoms with Gasteiger partial charge in [-0.05, 0) is 25.7 Å². The predicted octanol–water partition coefficient (Wildman–Crippen LogP) is 3.40. The summed E-state index contributed by atoms with van der Waals surface area (Å²) in [6.07, 6.45) is 7.02. The van der Waals surface area contributed by atoms with Crippen molar-refractivity contribution in [1.29, 1.82) is 0 Å². The predicted molar refractivity (Wildman–Crippen MR) is 80.4 cm³/mol. The summed E-state index contributed by atoms with van der Waals surface area (Å²) in [5, 5.41) is 0. The number of hydrogen-bond acceptors (Lipinski definition) is 6. The molecule has 1 aliphatic carbocycles. The molecule has 0 amide bonds. The van der Waals surface area contributed by atoms with E-state index in [4.69, 9.17) is 13.7 Å². The van der Waals surface area contributed by atoms with Crippen LogP contribution in [0.25, 0.3) is 0 Å². The fraction of sp³-hybridized carbons (Fsp3) is 0.417. The minimum atomic E-state index is -2.99. The van der Waals surface area contributed by atoms with Crippen molar-refractivity contribution < 1.29 is 48.9 Å². The maximum absolute atomic E-state index is 11.6. The van der Waals surface area contributed by atoms with E-state index in [0.717, 1.165) is 0 Å². The summed E-state index contributed by atoms with van der Waals surface area (Å²) in [5.41, 5.74) is 0.600. The maximum atomic E-state index is 11.6. The third kappa shape index (κ3) is 12.2. The Morgan fingerprint density at radius 2 is 1.27 bits per heavy atom. The number of hydrogen-bond donors (Lipinski definition) is 0. The molecule has 10 heteroatoms. The van der Waals surface area contributed by atoms with Crippen LogP contribution in [0.5, 0.6) is 0 Å². The molecule has 0 aliphatic heterocycles. The molecule has 129 valence electrons. The van der Waals surface area contributed by atoms with Crippen LogP contribution in [0.15, 0.2) is 0 Å². The van der Waals surface area contributed by atoms with Crippen molar-refractivity contribution in [2.24, 2.45) is 0 Å². The summed E-state index contributed by atoms with van der Waals surface area (Å²) in [5.74, 6) is 0. The van der Waals surface area contributed by atoms with Gasteiger partial charge < -0.3 is 30.0 Å². The molecule has 1 saturated carbocycles. The zero-order chi connectivity index (χ0) is 16.0. The summed E-state index contributed by atoms with van der Waals surface area (Å²) in [4.78, 5) is 0. The maximum Gasteiger partial charge on any atom is 2.00 e. The van der Waals surface area contributed by atoms with Crippen LogP contribution in [0, 0.1) is 45.4 Å². The van der Waals surface area contributed by atoms with E-state index >= 15 is 0 Å². The van der Waals surface area contributed by atoms with Gasteiger partial charge in [-0.3, -0.25) is 4.57 Å². The first-order valence-electron chi connectivity index (χ1n) is 5.14. The normalized spacial score (nSPS) is 13.8. The quantitative estimate of drug-likeness (QED) is 0.296. The van der Waals surface area contributed by atoms with Crippen LogP contribution in [-0.2, 0) is 48.9 Å². The van der Waals surface area contributed by atoms with Gasteiger partial charge in [-0.25, -0.2) is 0 Å². The smallest absolute Gasteiger partial charge is 0.358 e. The van der Waals surface area contributed by atoms with Crippen LogP contribution >= 0.6 is 16.2 Å². The molecule has 0 aromatic carbocycles. The van der Waals surface area contributed by atoms with Crippen LogP contribution in [0.4, 0.5) is 0 Å². The van der Waals surface area contributed by atoms with E-state index in [1.807, 2.05) is 0 Å². The van der Waals surface area contributed by atoms with Gasteiger partial charge in [0.25, 0.3) is 0 Å². The van der Waals surface area contributed by atoms with Crippen LogP contribution in [0.2, 0.25) is 0 Å². The van der Waals surface area contributed by atoms with Gasteiger partial charge in [-0.2, -0.15) is 0 Å². The third-order valence-corrected chi connectivity index (χ3v) is 4.68. The zero-order valence-electron chi connectivity index (χ0n) is 13.4. The second-order valence-corrected chi connectivity index (χ2v) is 6.56. The second kappa shape index (κ2) is 19.8. The molecule has 7 nitrogen and oxygen atoms in total. The summed E-state index contributed by atoms with van der Waals surface area (Å²) in [6, 6.07) is 0. The Balaban J connectivity index is -0.000000130. The van der Waals surface area contributed by atoms with Crippen LogP contribution < -0.4 is 0 Å². The van der Waals surface area contributed by atoms with Gasteiger partial charge in [0.05, 0.1) is 5.66 Å². The van der Waals surface area contributed by atoms with Crippen molar-refractivity contribution >= 4 is 16.2 Å². The average molecular weight is 396 g/mol. The van der Waals surface area contributed by atoms with Gasteiger partial charge in [0.1, 0.15) is 0 Å². The Labute approximate surface area is 146 Å². The molecule has 0 atom stereocenters. The molecule has 0 aromatic heterocycles. The Hall–Kier alpha value is 0.719. The molecule has 0 spiro atoms. The van der Waals surface area contributed by atoms with E-state index in [1.165, 1.54) is 14.2 Å². The van der Waals surface area contributed by atoms with E-state index in [0.29, 0.717) is 5.66 Å². The molecule has 22 heavy (non-hydrogen) atoms. The summed E-state index contributed by atoms with van der Waals surface area (Å²) in [7, 11) is 3.33. The average Bonchev–Trinajstić information content (AvgIpc) is 3.06. The van der Waals surface area contributed by atoms with Gasteiger partial charge in [0.2, 0.25) is 0 Å². The van der Waals surface area contributed by atoms with E-state index in [-0.39, 0.29) is 24.5 Å². The standard InChI is InChI=1S/C7H10O3P.C3H9O3P.CO.CH3.Fe/c1-9-11(8,10-2)7-5-3-4-6-7;1-4-7(5-2)6-3;1-2;;/h3-6H,1-2H3;1-3H3;;1H3;/q;;;-1;+2. The van der Waals surface area contributed by atoms with Crippen molar-refractivity contribution in [3.05, 3.63) is 45.4 Å². The van der Waals surface area contributed by atoms with Gasteiger partial charge in [0, 0.05) is 35.5 Å². The van der Waals surface area contributed by atoms with Gasteiger partial charge in [-0.1, -0.05) is 0 Å². The van der Waals surface area contributed by atoms with E-state index in [2.05, 4.69) is 20.2 Å². The van der Waals surface area contributed by atoms with Crippen LogP contribution in [-0.4, -0.2) is 35.5 Å². The minimum absolute atomic E-state index is 0. The molecule has 0 aromatic rings. The van der Waals surface area contributed by atoms with Gasteiger partial charge in [0.15, 0.2) is 0 Å². The Bertz CT molecular complexity index is 268. The summed E-state index contributed by atoms with van der Waals surface area (Å²) < 4.78 is 42.6. The first-order valence-corrected chi connectivity index (χ1v) is 7.78. The van der Waals surface area contributed by atoms with E-state index in [1.54, 1.807) is 47.0 Å². The molecule has 0 unspecified atom stereocenters. The van der Waals surface area contributed by atoms with Crippen molar-refractivity contribution in [2.75, 3.05) is 35.5 Å². The first-order chi connectivity index (χ1) is 9.57.